The van der Waals surface area contributed by atoms with Crippen LogP contribution in [0.15, 0.2) is 54.7 Å². The number of piperidine rings is 1. The molecule has 0 radical (unpaired) electrons. The zero-order valence-corrected chi connectivity index (χ0v) is 20.2. The van der Waals surface area contributed by atoms with Gasteiger partial charge in [-0.3, -0.25) is 9.69 Å². The molecule has 2 aromatic heterocycles. The fourth-order valence-electron chi connectivity index (χ4n) is 3.76. The van der Waals surface area contributed by atoms with Crippen LogP contribution in [0.1, 0.15) is 35.9 Å². The molecule has 1 aromatic carbocycles. The molecule has 0 unspecified atom stereocenters. The molecule has 3 aromatic rings. The molecule has 1 aliphatic rings. The van der Waals surface area contributed by atoms with E-state index in [1.165, 1.54) is 18.3 Å². The summed E-state index contributed by atoms with van der Waals surface area (Å²) in [6.07, 6.45) is 3.40. The number of hydrogen-bond acceptors (Lipinski definition) is 7. The number of carbonyl (C=O) groups is 1. The van der Waals surface area contributed by atoms with Gasteiger partial charge in [0.05, 0.1) is 13.7 Å². The third kappa shape index (κ3) is 6.64. The van der Waals surface area contributed by atoms with Gasteiger partial charge in [0.2, 0.25) is 11.8 Å². The van der Waals surface area contributed by atoms with E-state index < -0.39 is 5.60 Å². The average Bonchev–Trinajstić information content (AvgIpc) is 3.29. The summed E-state index contributed by atoms with van der Waals surface area (Å²) in [7, 11) is 1.60. The first-order chi connectivity index (χ1) is 16.5. The van der Waals surface area contributed by atoms with Gasteiger partial charge < -0.3 is 14.8 Å². The highest BCUT2D eigenvalue weighted by molar-refractivity contribution is 7.15. The van der Waals surface area contributed by atoms with Crippen molar-refractivity contribution in [2.75, 3.05) is 25.5 Å². The van der Waals surface area contributed by atoms with E-state index in [4.69, 9.17) is 9.47 Å². The molecule has 8 heteroatoms. The topological polar surface area (TPSA) is 76.6 Å². The lowest BCUT2D eigenvalue weighted by molar-refractivity contribution is -0.114. The van der Waals surface area contributed by atoms with Gasteiger partial charge in [-0.1, -0.05) is 42.3 Å². The predicted molar refractivity (Wildman–Crippen MR) is 133 cm³/mol. The van der Waals surface area contributed by atoms with Crippen molar-refractivity contribution < 1.29 is 14.3 Å². The lowest BCUT2D eigenvalue weighted by atomic mass is 9.91. The van der Waals surface area contributed by atoms with Gasteiger partial charge in [-0.2, -0.15) is 0 Å². The number of amides is 1. The van der Waals surface area contributed by atoms with Crippen LogP contribution in [-0.4, -0.2) is 46.6 Å². The smallest absolute Gasteiger partial charge is 0.223 e. The maximum atomic E-state index is 11.3. The van der Waals surface area contributed by atoms with Gasteiger partial charge in [0.15, 0.2) is 5.13 Å². The van der Waals surface area contributed by atoms with Crippen LogP contribution >= 0.6 is 11.3 Å². The molecule has 0 spiro atoms. The highest BCUT2D eigenvalue weighted by atomic mass is 32.1. The summed E-state index contributed by atoms with van der Waals surface area (Å²) < 4.78 is 11.7. The summed E-state index contributed by atoms with van der Waals surface area (Å²) in [5.74, 6) is 7.07. The molecule has 1 N–H and O–H groups in total. The molecular weight excluding hydrogens is 448 g/mol. The van der Waals surface area contributed by atoms with Crippen LogP contribution in [-0.2, 0) is 22.7 Å². The second kappa shape index (κ2) is 11.3. The van der Waals surface area contributed by atoms with E-state index >= 15 is 0 Å². The van der Waals surface area contributed by atoms with Crippen LogP contribution in [0.3, 0.4) is 0 Å². The summed E-state index contributed by atoms with van der Waals surface area (Å²) in [6.45, 7) is 4.49. The number of nitrogens with one attached hydrogen (secondary N) is 1. The number of ether oxygens (including phenoxy) is 2. The molecule has 0 saturated carbocycles. The highest BCUT2D eigenvalue weighted by Crippen LogP contribution is 2.29. The zero-order chi connectivity index (χ0) is 23.8. The summed E-state index contributed by atoms with van der Waals surface area (Å²) >= 11 is 1.51. The lowest BCUT2D eigenvalue weighted by Crippen LogP contribution is -2.44. The van der Waals surface area contributed by atoms with Crippen molar-refractivity contribution >= 4 is 22.4 Å². The fourth-order valence-corrected chi connectivity index (χ4v) is 4.66. The second-order valence-corrected chi connectivity index (χ2v) is 9.29. The first kappa shape index (κ1) is 23.9. The molecule has 4 rings (SSSR count). The van der Waals surface area contributed by atoms with Crippen LogP contribution in [0, 0.1) is 11.8 Å². The molecule has 176 valence electrons. The lowest BCUT2D eigenvalue weighted by Gasteiger charge is -2.38. The van der Waals surface area contributed by atoms with Gasteiger partial charge in [0, 0.05) is 56.5 Å². The van der Waals surface area contributed by atoms with Gasteiger partial charge in [-0.05, 0) is 17.6 Å². The minimum atomic E-state index is -0.549. The average molecular weight is 477 g/mol. The molecule has 7 nitrogen and oxygen atoms in total. The predicted octanol–water partition coefficient (Wildman–Crippen LogP) is 4.11. The van der Waals surface area contributed by atoms with Gasteiger partial charge in [0.1, 0.15) is 11.3 Å². The second-order valence-electron chi connectivity index (χ2n) is 8.17. The Morgan fingerprint density at radius 3 is 2.71 bits per heavy atom. The number of nitrogens with zero attached hydrogens (tertiary/aromatic N) is 3. The van der Waals surface area contributed by atoms with Crippen molar-refractivity contribution in [3.8, 4) is 17.7 Å². The summed E-state index contributed by atoms with van der Waals surface area (Å²) in [5.41, 5.74) is 1.24. The summed E-state index contributed by atoms with van der Waals surface area (Å²) in [4.78, 5) is 23.5. The van der Waals surface area contributed by atoms with Crippen molar-refractivity contribution in [3.05, 3.63) is 70.9 Å². The fraction of sp³-hybridized carbons (Fsp3) is 0.346. The van der Waals surface area contributed by atoms with Crippen molar-refractivity contribution in [1.29, 1.82) is 0 Å². The normalized spacial score (nSPS) is 15.2. The van der Waals surface area contributed by atoms with Gasteiger partial charge in [-0.25, -0.2) is 9.97 Å². The first-order valence-corrected chi connectivity index (χ1v) is 12.0. The minimum absolute atomic E-state index is 0.108. The maximum Gasteiger partial charge on any atom is 0.223 e. The Kier molecular flexibility index (Phi) is 7.91. The number of aromatic nitrogens is 2. The molecule has 1 fully saturated rings. The number of rotatable bonds is 7. The summed E-state index contributed by atoms with van der Waals surface area (Å²) in [6, 6.07) is 15.7. The maximum absolute atomic E-state index is 11.3. The van der Waals surface area contributed by atoms with E-state index in [0.29, 0.717) is 23.3 Å². The molecule has 1 aliphatic heterocycles. The zero-order valence-electron chi connectivity index (χ0n) is 19.4. The Hall–Kier alpha value is -3.25. The van der Waals surface area contributed by atoms with Crippen molar-refractivity contribution in [3.63, 3.8) is 0 Å². The number of anilines is 1. The SMILES string of the molecule is COc1cccc(C#CC2(OCc3ccccc3)CCN(Cc3cnc(NC(C)=O)s3)CC2)n1. The Labute approximate surface area is 204 Å². The monoisotopic (exact) mass is 476 g/mol. The largest absolute Gasteiger partial charge is 0.481 e. The molecule has 0 atom stereocenters. The number of thiazole rings is 1. The van der Waals surface area contributed by atoms with Crippen LogP contribution in [0.4, 0.5) is 5.13 Å². The van der Waals surface area contributed by atoms with Crippen molar-refractivity contribution in [1.82, 2.24) is 14.9 Å². The number of carbonyl (C=O) groups excluding carboxylic acids is 1. The van der Waals surface area contributed by atoms with E-state index in [0.717, 1.165) is 42.9 Å². The van der Waals surface area contributed by atoms with Crippen LogP contribution in [0.25, 0.3) is 0 Å². The van der Waals surface area contributed by atoms with E-state index in [1.807, 2.05) is 42.6 Å². The van der Waals surface area contributed by atoms with Gasteiger partial charge in [-0.15, -0.1) is 11.3 Å². The van der Waals surface area contributed by atoms with E-state index in [-0.39, 0.29) is 5.91 Å². The quantitative estimate of drug-likeness (QED) is 0.517. The number of hydrogen-bond donors (Lipinski definition) is 1. The third-order valence-corrected chi connectivity index (χ3v) is 6.49. The Morgan fingerprint density at radius 2 is 1.97 bits per heavy atom. The van der Waals surface area contributed by atoms with Crippen LogP contribution in [0.2, 0.25) is 0 Å². The Bertz CT molecular complexity index is 1160. The highest BCUT2D eigenvalue weighted by Gasteiger charge is 2.34. The standard InChI is InChI=1S/C26H28N4O3S/c1-20(31)28-25-27-17-23(34-25)18-30-15-13-26(14-16-30,33-19-21-7-4-3-5-8-21)12-11-22-9-6-10-24(29-22)32-2/h3-10,17H,13-16,18-19H2,1-2H3,(H,27,28,31). The Morgan fingerprint density at radius 1 is 1.18 bits per heavy atom. The third-order valence-electron chi connectivity index (χ3n) is 5.59. The molecule has 3 heterocycles. The number of benzene rings is 1. The molecule has 0 bridgehead atoms. The molecule has 34 heavy (non-hydrogen) atoms. The van der Waals surface area contributed by atoms with E-state index in [2.05, 4.69) is 44.2 Å². The van der Waals surface area contributed by atoms with Crippen LogP contribution in [0.5, 0.6) is 5.88 Å². The van der Waals surface area contributed by atoms with E-state index in [1.54, 1.807) is 7.11 Å². The summed E-state index contributed by atoms with van der Waals surface area (Å²) in [5, 5.41) is 3.38. The minimum Gasteiger partial charge on any atom is -0.481 e. The first-order valence-electron chi connectivity index (χ1n) is 11.2. The van der Waals surface area contributed by atoms with Crippen LogP contribution < -0.4 is 10.1 Å². The number of methoxy groups -OCH3 is 1. The Balaban J connectivity index is 1.45. The molecule has 1 saturated heterocycles. The van der Waals surface area contributed by atoms with E-state index in [9.17, 15) is 4.79 Å². The van der Waals surface area contributed by atoms with Crippen molar-refractivity contribution in [2.24, 2.45) is 0 Å². The molecule has 1 amide bonds. The molecule has 0 aliphatic carbocycles. The molecular formula is C26H28N4O3S. The number of likely N-dealkylation sites (tertiary alicyclic amines) is 1. The number of pyridine rings is 1. The van der Waals surface area contributed by atoms with Gasteiger partial charge >= 0.3 is 0 Å². The van der Waals surface area contributed by atoms with Crippen molar-refractivity contribution in [2.45, 2.75) is 38.5 Å². The van der Waals surface area contributed by atoms with Gasteiger partial charge in [0.25, 0.3) is 0 Å².